The van der Waals surface area contributed by atoms with Crippen LogP contribution in [0.5, 0.6) is 0 Å². The van der Waals surface area contributed by atoms with Crippen LogP contribution in [0.1, 0.15) is 25.3 Å². The van der Waals surface area contributed by atoms with Crippen molar-refractivity contribution in [2.75, 3.05) is 31.6 Å². The summed E-state index contributed by atoms with van der Waals surface area (Å²) in [7, 11) is 1.94. The zero-order valence-electron chi connectivity index (χ0n) is 11.8. The maximum atomic E-state index is 6.41. The SMILES string of the molecule is CCOC1CCCN(c2ccc(CNC)cc2Cl)C1. The zero-order chi connectivity index (χ0) is 13.7. The third kappa shape index (κ3) is 3.85. The Kier molecular flexibility index (Phi) is 5.49. The van der Waals surface area contributed by atoms with Gasteiger partial charge >= 0.3 is 0 Å². The molecule has 1 N–H and O–H groups in total. The van der Waals surface area contributed by atoms with Crippen LogP contribution < -0.4 is 10.2 Å². The predicted octanol–water partition coefficient (Wildman–Crippen LogP) is 3.06. The number of nitrogens with one attached hydrogen (secondary N) is 1. The summed E-state index contributed by atoms with van der Waals surface area (Å²) in [6, 6.07) is 6.32. The number of hydrogen-bond donors (Lipinski definition) is 1. The first-order valence-corrected chi connectivity index (χ1v) is 7.42. The van der Waals surface area contributed by atoms with Gasteiger partial charge in [-0.25, -0.2) is 0 Å². The summed E-state index contributed by atoms with van der Waals surface area (Å²) in [5, 5.41) is 3.98. The topological polar surface area (TPSA) is 24.5 Å². The maximum absolute atomic E-state index is 6.41. The molecule has 0 spiro atoms. The van der Waals surface area contributed by atoms with Gasteiger partial charge in [0.15, 0.2) is 0 Å². The van der Waals surface area contributed by atoms with Crippen LogP contribution in [0.3, 0.4) is 0 Å². The zero-order valence-corrected chi connectivity index (χ0v) is 12.5. The fourth-order valence-corrected chi connectivity index (χ4v) is 2.97. The van der Waals surface area contributed by atoms with Crippen molar-refractivity contribution in [3.8, 4) is 0 Å². The van der Waals surface area contributed by atoms with Gasteiger partial charge in [-0.15, -0.1) is 0 Å². The van der Waals surface area contributed by atoms with E-state index in [9.17, 15) is 0 Å². The molecule has 106 valence electrons. The van der Waals surface area contributed by atoms with Crippen molar-refractivity contribution >= 4 is 17.3 Å². The number of benzene rings is 1. The molecule has 1 aromatic carbocycles. The van der Waals surface area contributed by atoms with E-state index in [1.807, 2.05) is 7.05 Å². The molecule has 0 aromatic heterocycles. The first-order chi connectivity index (χ1) is 9.24. The minimum atomic E-state index is 0.340. The number of halogens is 1. The number of anilines is 1. The first-order valence-electron chi connectivity index (χ1n) is 7.04. The van der Waals surface area contributed by atoms with E-state index in [4.69, 9.17) is 16.3 Å². The van der Waals surface area contributed by atoms with Crippen LogP contribution in [0.2, 0.25) is 5.02 Å². The highest BCUT2D eigenvalue weighted by Gasteiger charge is 2.21. The van der Waals surface area contributed by atoms with Crippen molar-refractivity contribution in [1.82, 2.24) is 5.32 Å². The molecule has 0 amide bonds. The summed E-state index contributed by atoms with van der Waals surface area (Å²) in [6.45, 7) is 5.70. The minimum Gasteiger partial charge on any atom is -0.377 e. The van der Waals surface area contributed by atoms with E-state index >= 15 is 0 Å². The summed E-state index contributed by atoms with van der Waals surface area (Å²) in [5.74, 6) is 0. The van der Waals surface area contributed by atoms with Gasteiger partial charge in [0.25, 0.3) is 0 Å². The molecule has 1 unspecified atom stereocenters. The highest BCUT2D eigenvalue weighted by molar-refractivity contribution is 6.33. The van der Waals surface area contributed by atoms with Gasteiger partial charge in [-0.3, -0.25) is 0 Å². The fourth-order valence-electron chi connectivity index (χ4n) is 2.65. The molecular formula is C15H23ClN2O. The van der Waals surface area contributed by atoms with Crippen molar-refractivity contribution < 1.29 is 4.74 Å². The van der Waals surface area contributed by atoms with Crippen molar-refractivity contribution in [2.24, 2.45) is 0 Å². The van der Waals surface area contributed by atoms with E-state index in [2.05, 4.69) is 35.3 Å². The Balaban J connectivity index is 2.08. The fraction of sp³-hybridized carbons (Fsp3) is 0.600. The quantitative estimate of drug-likeness (QED) is 0.898. The average molecular weight is 283 g/mol. The van der Waals surface area contributed by atoms with Gasteiger partial charge in [0.05, 0.1) is 16.8 Å². The Bertz CT molecular complexity index is 409. The van der Waals surface area contributed by atoms with E-state index in [1.54, 1.807) is 0 Å². The second-order valence-corrected chi connectivity index (χ2v) is 5.39. The second kappa shape index (κ2) is 7.13. The molecule has 1 atom stereocenters. The van der Waals surface area contributed by atoms with Crippen molar-refractivity contribution in [2.45, 2.75) is 32.4 Å². The first kappa shape index (κ1) is 14.6. The Morgan fingerprint density at radius 1 is 1.47 bits per heavy atom. The van der Waals surface area contributed by atoms with Crippen LogP contribution in [-0.2, 0) is 11.3 Å². The van der Waals surface area contributed by atoms with Crippen LogP contribution in [0.15, 0.2) is 18.2 Å². The highest BCUT2D eigenvalue weighted by atomic mass is 35.5. The summed E-state index contributed by atoms with van der Waals surface area (Å²) in [4.78, 5) is 2.34. The highest BCUT2D eigenvalue weighted by Crippen LogP contribution is 2.29. The van der Waals surface area contributed by atoms with Gasteiger partial charge in [0.1, 0.15) is 0 Å². The molecule has 0 saturated carbocycles. The van der Waals surface area contributed by atoms with Gasteiger partial charge in [0, 0.05) is 26.2 Å². The lowest BCUT2D eigenvalue weighted by Crippen LogP contribution is -2.39. The third-order valence-corrected chi connectivity index (χ3v) is 3.82. The van der Waals surface area contributed by atoms with Gasteiger partial charge < -0.3 is 15.0 Å². The second-order valence-electron chi connectivity index (χ2n) is 4.98. The van der Waals surface area contributed by atoms with Gasteiger partial charge in [-0.1, -0.05) is 17.7 Å². The molecule has 4 heteroatoms. The standard InChI is InChI=1S/C15H23ClN2O/c1-3-19-13-5-4-8-18(11-13)15-7-6-12(10-17-2)9-14(15)16/h6-7,9,13,17H,3-5,8,10-11H2,1-2H3. The molecule has 1 saturated heterocycles. The molecule has 1 fully saturated rings. The van der Waals surface area contributed by atoms with Crippen LogP contribution in [-0.4, -0.2) is 32.8 Å². The Hall–Kier alpha value is -0.770. The maximum Gasteiger partial charge on any atom is 0.0750 e. The van der Waals surface area contributed by atoms with E-state index in [0.717, 1.165) is 43.4 Å². The van der Waals surface area contributed by atoms with Crippen LogP contribution >= 0.6 is 11.6 Å². The van der Waals surface area contributed by atoms with Gasteiger partial charge in [0.2, 0.25) is 0 Å². The molecule has 1 aromatic rings. The number of nitrogens with zero attached hydrogens (tertiary/aromatic N) is 1. The molecule has 19 heavy (non-hydrogen) atoms. The van der Waals surface area contributed by atoms with Crippen molar-refractivity contribution in [1.29, 1.82) is 0 Å². The lowest BCUT2D eigenvalue weighted by molar-refractivity contribution is 0.0527. The molecule has 0 aliphatic carbocycles. The van der Waals surface area contributed by atoms with Gasteiger partial charge in [-0.2, -0.15) is 0 Å². The van der Waals surface area contributed by atoms with E-state index < -0.39 is 0 Å². The van der Waals surface area contributed by atoms with Crippen molar-refractivity contribution in [3.05, 3.63) is 28.8 Å². The average Bonchev–Trinajstić information content (AvgIpc) is 2.40. The van der Waals surface area contributed by atoms with E-state index in [0.29, 0.717) is 6.10 Å². The van der Waals surface area contributed by atoms with Crippen LogP contribution in [0.4, 0.5) is 5.69 Å². The smallest absolute Gasteiger partial charge is 0.0750 e. The van der Waals surface area contributed by atoms with E-state index in [1.165, 1.54) is 12.0 Å². The Morgan fingerprint density at radius 2 is 2.32 bits per heavy atom. The number of ether oxygens (including phenoxy) is 1. The molecule has 1 aliphatic heterocycles. The lowest BCUT2D eigenvalue weighted by Gasteiger charge is -2.34. The van der Waals surface area contributed by atoms with Crippen LogP contribution in [0.25, 0.3) is 0 Å². The molecule has 0 bridgehead atoms. The monoisotopic (exact) mass is 282 g/mol. The third-order valence-electron chi connectivity index (χ3n) is 3.51. The molecule has 1 heterocycles. The van der Waals surface area contributed by atoms with Crippen LogP contribution in [0, 0.1) is 0 Å². The Morgan fingerprint density at radius 3 is 3.00 bits per heavy atom. The summed E-state index contributed by atoms with van der Waals surface area (Å²) in [5.41, 5.74) is 2.35. The Labute approximate surface area is 120 Å². The largest absolute Gasteiger partial charge is 0.377 e. The molecular weight excluding hydrogens is 260 g/mol. The number of rotatable bonds is 5. The molecule has 3 nitrogen and oxygen atoms in total. The summed E-state index contributed by atoms with van der Waals surface area (Å²) >= 11 is 6.41. The normalized spacial score (nSPS) is 19.7. The van der Waals surface area contributed by atoms with Crippen molar-refractivity contribution in [3.63, 3.8) is 0 Å². The summed E-state index contributed by atoms with van der Waals surface area (Å²) < 4.78 is 5.74. The predicted molar refractivity (Wildman–Crippen MR) is 81.1 cm³/mol. The lowest BCUT2D eigenvalue weighted by atomic mass is 10.1. The summed E-state index contributed by atoms with van der Waals surface area (Å²) in [6.07, 6.45) is 2.66. The molecule has 1 aliphatic rings. The minimum absolute atomic E-state index is 0.340. The van der Waals surface area contributed by atoms with Gasteiger partial charge in [-0.05, 0) is 44.5 Å². The molecule has 2 rings (SSSR count). The molecule has 0 radical (unpaired) electrons. The van der Waals surface area contributed by atoms with E-state index in [-0.39, 0.29) is 0 Å². The number of piperidine rings is 1. The number of hydrogen-bond acceptors (Lipinski definition) is 3.